The van der Waals surface area contributed by atoms with Crippen LogP contribution in [-0.2, 0) is 9.53 Å². The second-order valence-electron chi connectivity index (χ2n) is 6.14. The van der Waals surface area contributed by atoms with E-state index in [0.29, 0.717) is 23.0 Å². The van der Waals surface area contributed by atoms with Gasteiger partial charge in [-0.1, -0.05) is 27.7 Å². The number of likely N-dealkylation sites (N-methyl/N-ethyl adjacent to an activating group) is 1. The summed E-state index contributed by atoms with van der Waals surface area (Å²) in [7, 11) is 0. The molecule has 0 bridgehead atoms. The number of ether oxygens (including phenoxy) is 1. The number of thioether (sulfide) groups is 1. The molecule has 0 aromatic heterocycles. The van der Waals surface area contributed by atoms with Gasteiger partial charge in [0.1, 0.15) is 5.54 Å². The summed E-state index contributed by atoms with van der Waals surface area (Å²) in [5, 5.41) is 4.63. The zero-order valence-corrected chi connectivity index (χ0v) is 14.5. The molecular weight excluding hydrogens is 270 g/mol. The van der Waals surface area contributed by atoms with Crippen molar-refractivity contribution in [1.82, 2.24) is 5.32 Å². The summed E-state index contributed by atoms with van der Waals surface area (Å²) >= 11 is 2.04. The van der Waals surface area contributed by atoms with Gasteiger partial charge in [0, 0.05) is 10.5 Å². The van der Waals surface area contributed by atoms with Crippen LogP contribution in [0.15, 0.2) is 0 Å². The number of nitrogens with one attached hydrogen (secondary N) is 1. The predicted octanol–water partition coefficient (Wildman–Crippen LogP) is 3.62. The highest BCUT2D eigenvalue weighted by Crippen LogP contribution is 2.38. The molecular formula is C16H31NO2S. The predicted molar refractivity (Wildman–Crippen MR) is 87.2 cm³/mol. The van der Waals surface area contributed by atoms with Gasteiger partial charge in [0.2, 0.25) is 0 Å². The summed E-state index contributed by atoms with van der Waals surface area (Å²) in [5.74, 6) is 0.627. The lowest BCUT2D eigenvalue weighted by molar-refractivity contribution is -0.152. The van der Waals surface area contributed by atoms with Crippen molar-refractivity contribution in [1.29, 1.82) is 0 Å². The maximum Gasteiger partial charge on any atom is 0.326 e. The van der Waals surface area contributed by atoms with Crippen molar-refractivity contribution in [2.24, 2.45) is 5.92 Å². The first kappa shape index (κ1) is 17.8. The zero-order chi connectivity index (χ0) is 15.2. The topological polar surface area (TPSA) is 38.3 Å². The smallest absolute Gasteiger partial charge is 0.326 e. The highest BCUT2D eigenvalue weighted by molar-refractivity contribution is 8.00. The fourth-order valence-electron chi connectivity index (χ4n) is 2.83. The van der Waals surface area contributed by atoms with Gasteiger partial charge in [-0.15, -0.1) is 0 Å². The second-order valence-corrected chi connectivity index (χ2v) is 7.82. The lowest BCUT2D eigenvalue weighted by Gasteiger charge is -2.40. The summed E-state index contributed by atoms with van der Waals surface area (Å²) in [6.07, 6.45) is 4.14. The van der Waals surface area contributed by atoms with Crippen molar-refractivity contribution in [3.63, 3.8) is 0 Å². The van der Waals surface area contributed by atoms with Gasteiger partial charge in [0.25, 0.3) is 0 Å². The molecule has 1 fully saturated rings. The van der Waals surface area contributed by atoms with E-state index in [1.54, 1.807) is 0 Å². The molecule has 0 heterocycles. The molecule has 118 valence electrons. The van der Waals surface area contributed by atoms with Crippen LogP contribution in [0.4, 0.5) is 0 Å². The molecule has 3 unspecified atom stereocenters. The highest BCUT2D eigenvalue weighted by Gasteiger charge is 2.43. The van der Waals surface area contributed by atoms with E-state index < -0.39 is 5.54 Å². The van der Waals surface area contributed by atoms with Crippen molar-refractivity contribution < 1.29 is 9.53 Å². The van der Waals surface area contributed by atoms with Crippen molar-refractivity contribution >= 4 is 17.7 Å². The van der Waals surface area contributed by atoms with Gasteiger partial charge in [-0.3, -0.25) is 4.79 Å². The number of hydrogen-bond acceptors (Lipinski definition) is 4. The van der Waals surface area contributed by atoms with Gasteiger partial charge in [-0.05, 0) is 45.1 Å². The molecule has 0 aromatic carbocycles. The highest BCUT2D eigenvalue weighted by atomic mass is 32.2. The Morgan fingerprint density at radius 2 is 2.10 bits per heavy atom. The SMILES string of the molecule is CCNC1(C(=O)OCC)CCCC(SC(C)C(C)C)C1. The molecule has 1 aliphatic carbocycles. The first-order valence-electron chi connectivity index (χ1n) is 8.03. The van der Waals surface area contributed by atoms with Crippen LogP contribution in [0.3, 0.4) is 0 Å². The monoisotopic (exact) mass is 301 g/mol. The summed E-state index contributed by atoms with van der Waals surface area (Å²) in [4.78, 5) is 12.4. The van der Waals surface area contributed by atoms with E-state index in [4.69, 9.17) is 4.74 Å². The van der Waals surface area contributed by atoms with Crippen molar-refractivity contribution in [2.45, 2.75) is 76.3 Å². The van der Waals surface area contributed by atoms with Crippen molar-refractivity contribution in [3.8, 4) is 0 Å². The second kappa shape index (κ2) is 8.28. The Morgan fingerprint density at radius 3 is 2.65 bits per heavy atom. The van der Waals surface area contributed by atoms with E-state index in [-0.39, 0.29) is 5.97 Å². The standard InChI is InChI=1S/C16H31NO2S/c1-6-17-16(15(18)19-7-2)10-8-9-14(11-16)20-13(5)12(3)4/h12-14,17H,6-11H2,1-5H3. The maximum absolute atomic E-state index is 12.4. The molecule has 1 N–H and O–H groups in total. The molecule has 0 aromatic rings. The van der Waals surface area contributed by atoms with Crippen molar-refractivity contribution in [3.05, 3.63) is 0 Å². The van der Waals surface area contributed by atoms with Crippen LogP contribution in [0.25, 0.3) is 0 Å². The molecule has 4 heteroatoms. The third-order valence-electron chi connectivity index (χ3n) is 4.23. The maximum atomic E-state index is 12.4. The molecule has 0 radical (unpaired) electrons. The zero-order valence-electron chi connectivity index (χ0n) is 13.7. The van der Waals surface area contributed by atoms with Crippen LogP contribution < -0.4 is 5.32 Å². The van der Waals surface area contributed by atoms with E-state index in [0.717, 1.165) is 25.8 Å². The van der Waals surface area contributed by atoms with E-state index in [2.05, 4.69) is 33.0 Å². The number of hydrogen-bond donors (Lipinski definition) is 1. The van der Waals surface area contributed by atoms with Crippen LogP contribution in [-0.4, -0.2) is 35.2 Å². The Labute approximate surface area is 128 Å². The molecule has 1 saturated carbocycles. The number of carbonyl (C=O) groups excluding carboxylic acids is 1. The minimum absolute atomic E-state index is 0.0515. The number of rotatable bonds is 7. The Kier molecular flexibility index (Phi) is 7.38. The van der Waals surface area contributed by atoms with Gasteiger partial charge in [0.05, 0.1) is 6.61 Å². The van der Waals surface area contributed by atoms with Crippen LogP contribution >= 0.6 is 11.8 Å². The van der Waals surface area contributed by atoms with Gasteiger partial charge in [-0.2, -0.15) is 11.8 Å². The lowest BCUT2D eigenvalue weighted by atomic mass is 9.81. The Morgan fingerprint density at radius 1 is 1.40 bits per heavy atom. The van der Waals surface area contributed by atoms with Gasteiger partial charge < -0.3 is 10.1 Å². The molecule has 0 saturated heterocycles. The van der Waals surface area contributed by atoms with Crippen LogP contribution in [0.1, 0.15) is 60.3 Å². The third-order valence-corrected chi connectivity index (χ3v) is 5.99. The minimum Gasteiger partial charge on any atom is -0.465 e. The molecule has 1 rings (SSSR count). The Bertz CT molecular complexity index is 305. The normalized spacial score (nSPS) is 28.4. The molecule has 0 aliphatic heterocycles. The number of carbonyl (C=O) groups is 1. The summed E-state index contributed by atoms with van der Waals surface area (Å²) < 4.78 is 5.33. The van der Waals surface area contributed by atoms with E-state index >= 15 is 0 Å². The van der Waals surface area contributed by atoms with Gasteiger partial charge in [-0.25, -0.2) is 0 Å². The van der Waals surface area contributed by atoms with E-state index in [1.165, 1.54) is 6.42 Å². The molecule has 0 amide bonds. The van der Waals surface area contributed by atoms with E-state index in [1.807, 2.05) is 18.7 Å². The number of esters is 1. The quantitative estimate of drug-likeness (QED) is 0.729. The molecule has 3 atom stereocenters. The lowest BCUT2D eigenvalue weighted by Crippen LogP contribution is -2.56. The van der Waals surface area contributed by atoms with Gasteiger partial charge in [0.15, 0.2) is 0 Å². The largest absolute Gasteiger partial charge is 0.465 e. The first-order valence-corrected chi connectivity index (χ1v) is 8.97. The van der Waals surface area contributed by atoms with Crippen molar-refractivity contribution in [2.75, 3.05) is 13.2 Å². The molecule has 3 nitrogen and oxygen atoms in total. The Hall–Kier alpha value is -0.220. The average molecular weight is 301 g/mol. The fraction of sp³-hybridized carbons (Fsp3) is 0.938. The summed E-state index contributed by atoms with van der Waals surface area (Å²) in [6, 6.07) is 0. The third kappa shape index (κ3) is 4.66. The minimum atomic E-state index is -0.447. The summed E-state index contributed by atoms with van der Waals surface area (Å²) in [6.45, 7) is 12.1. The molecule has 20 heavy (non-hydrogen) atoms. The molecule has 1 aliphatic rings. The summed E-state index contributed by atoms with van der Waals surface area (Å²) in [5.41, 5.74) is -0.447. The van der Waals surface area contributed by atoms with Crippen LogP contribution in [0, 0.1) is 5.92 Å². The molecule has 0 spiro atoms. The van der Waals surface area contributed by atoms with E-state index in [9.17, 15) is 4.79 Å². The average Bonchev–Trinajstić information content (AvgIpc) is 2.39. The van der Waals surface area contributed by atoms with Crippen LogP contribution in [0.5, 0.6) is 0 Å². The first-order chi connectivity index (χ1) is 9.45. The van der Waals surface area contributed by atoms with Gasteiger partial charge >= 0.3 is 5.97 Å². The fourth-order valence-corrected chi connectivity index (χ4v) is 4.43. The Balaban J connectivity index is 2.73. The van der Waals surface area contributed by atoms with Crippen LogP contribution in [0.2, 0.25) is 0 Å².